The van der Waals surface area contributed by atoms with Gasteiger partial charge in [-0.2, -0.15) is 0 Å². The lowest BCUT2D eigenvalue weighted by Crippen LogP contribution is -2.47. The molecule has 1 aromatic carbocycles. The van der Waals surface area contributed by atoms with Crippen molar-refractivity contribution >= 4 is 12.0 Å². The third-order valence-corrected chi connectivity index (χ3v) is 4.79. The number of piperidine rings is 1. The number of likely N-dealkylation sites (tertiary alicyclic amines) is 1. The van der Waals surface area contributed by atoms with Gasteiger partial charge < -0.3 is 14.5 Å². The summed E-state index contributed by atoms with van der Waals surface area (Å²) in [5.74, 6) is -0.345. The molecule has 6 heteroatoms. The Morgan fingerprint density at radius 1 is 1.33 bits per heavy atom. The summed E-state index contributed by atoms with van der Waals surface area (Å²) in [5, 5.41) is 0. The number of ether oxygens (including phenoxy) is 1. The maximum atomic E-state index is 13.3. The molecule has 0 radical (unpaired) electrons. The van der Waals surface area contributed by atoms with Crippen LogP contribution in [0.3, 0.4) is 0 Å². The molecule has 130 valence electrons. The van der Waals surface area contributed by atoms with Gasteiger partial charge in [0, 0.05) is 31.2 Å². The van der Waals surface area contributed by atoms with Crippen LogP contribution < -0.4 is 0 Å². The Balaban J connectivity index is 1.54. The number of unbranched alkanes of at least 4 members (excludes halogenated alkanes) is 1. The lowest BCUT2D eigenvalue weighted by atomic mass is 10.0. The van der Waals surface area contributed by atoms with E-state index in [4.69, 9.17) is 4.74 Å². The highest BCUT2D eigenvalue weighted by atomic mass is 19.1. The van der Waals surface area contributed by atoms with Crippen LogP contribution in [0.4, 0.5) is 9.18 Å². The second kappa shape index (κ2) is 7.20. The number of fused-ring (bicyclic) bond motifs is 1. The first kappa shape index (κ1) is 16.7. The van der Waals surface area contributed by atoms with E-state index < -0.39 is 0 Å². The largest absolute Gasteiger partial charge is 0.449 e. The maximum Gasteiger partial charge on any atom is 0.409 e. The first-order chi connectivity index (χ1) is 11.6. The Labute approximate surface area is 141 Å². The lowest BCUT2D eigenvalue weighted by Gasteiger charge is -2.36. The molecule has 0 N–H and O–H groups in total. The van der Waals surface area contributed by atoms with Crippen LogP contribution in [0.2, 0.25) is 0 Å². The van der Waals surface area contributed by atoms with Crippen LogP contribution in [0.1, 0.15) is 48.5 Å². The summed E-state index contributed by atoms with van der Waals surface area (Å²) in [6.07, 6.45) is 3.06. The van der Waals surface area contributed by atoms with Crippen molar-refractivity contribution in [3.8, 4) is 0 Å². The third-order valence-electron chi connectivity index (χ3n) is 4.79. The summed E-state index contributed by atoms with van der Waals surface area (Å²) in [6.45, 7) is 4.14. The van der Waals surface area contributed by atoms with E-state index in [0.29, 0.717) is 31.8 Å². The zero-order valence-corrected chi connectivity index (χ0v) is 14.0. The van der Waals surface area contributed by atoms with Gasteiger partial charge in [-0.05, 0) is 43.0 Å². The average Bonchev–Trinajstić information content (AvgIpc) is 2.91. The van der Waals surface area contributed by atoms with E-state index in [0.717, 1.165) is 31.2 Å². The van der Waals surface area contributed by atoms with Crippen molar-refractivity contribution in [2.75, 3.05) is 19.7 Å². The molecule has 3 rings (SSSR count). The Kier molecular flexibility index (Phi) is 5.02. The molecule has 1 aromatic rings. The summed E-state index contributed by atoms with van der Waals surface area (Å²) in [4.78, 5) is 28.0. The Hall–Kier alpha value is -2.11. The van der Waals surface area contributed by atoms with Gasteiger partial charge in [-0.15, -0.1) is 0 Å². The number of rotatable bonds is 4. The van der Waals surface area contributed by atoms with Gasteiger partial charge in [-0.25, -0.2) is 9.18 Å². The predicted molar refractivity (Wildman–Crippen MR) is 87.1 cm³/mol. The third kappa shape index (κ3) is 3.37. The van der Waals surface area contributed by atoms with E-state index in [1.54, 1.807) is 11.0 Å². The highest BCUT2D eigenvalue weighted by molar-refractivity contribution is 5.98. The van der Waals surface area contributed by atoms with Crippen LogP contribution in [0.5, 0.6) is 0 Å². The summed E-state index contributed by atoms with van der Waals surface area (Å²) < 4.78 is 18.6. The molecule has 2 amide bonds. The lowest BCUT2D eigenvalue weighted by molar-refractivity contribution is 0.0548. The van der Waals surface area contributed by atoms with Gasteiger partial charge in [-0.1, -0.05) is 13.3 Å². The predicted octanol–water partition coefficient (Wildman–Crippen LogP) is 3.18. The van der Waals surface area contributed by atoms with Crippen LogP contribution in [0.15, 0.2) is 18.2 Å². The summed E-state index contributed by atoms with van der Waals surface area (Å²) in [5.41, 5.74) is 1.35. The standard InChI is InChI=1S/C18H23FN2O3/c1-2-3-10-24-18(23)20-8-6-15(7-9-20)21-12-13-11-14(19)4-5-16(13)17(21)22/h4-5,11,15H,2-3,6-10,12H2,1H3. The van der Waals surface area contributed by atoms with Crippen molar-refractivity contribution in [2.45, 2.75) is 45.2 Å². The Morgan fingerprint density at radius 3 is 2.79 bits per heavy atom. The van der Waals surface area contributed by atoms with Crippen LogP contribution in [-0.4, -0.2) is 47.5 Å². The van der Waals surface area contributed by atoms with Gasteiger partial charge in [0.15, 0.2) is 0 Å². The monoisotopic (exact) mass is 334 g/mol. The van der Waals surface area contributed by atoms with Crippen molar-refractivity contribution in [2.24, 2.45) is 0 Å². The molecule has 0 aromatic heterocycles. The minimum absolute atomic E-state index is 0.0334. The SMILES string of the molecule is CCCCOC(=O)N1CCC(N2Cc3cc(F)ccc3C2=O)CC1. The second-order valence-electron chi connectivity index (χ2n) is 6.42. The number of nitrogens with zero attached hydrogens (tertiary/aromatic N) is 2. The molecular formula is C18H23FN2O3. The van der Waals surface area contributed by atoms with E-state index in [1.807, 2.05) is 4.90 Å². The summed E-state index contributed by atoms with van der Waals surface area (Å²) in [7, 11) is 0. The number of carbonyl (C=O) groups excluding carboxylic acids is 2. The molecule has 5 nitrogen and oxygen atoms in total. The van der Waals surface area contributed by atoms with Gasteiger partial charge in [0.2, 0.25) is 0 Å². The van der Waals surface area contributed by atoms with E-state index in [2.05, 4.69) is 6.92 Å². The van der Waals surface area contributed by atoms with Gasteiger partial charge in [0.25, 0.3) is 5.91 Å². The molecule has 0 saturated carbocycles. The van der Waals surface area contributed by atoms with Crippen molar-refractivity contribution < 1.29 is 18.7 Å². The molecule has 0 atom stereocenters. The van der Waals surface area contributed by atoms with Crippen LogP contribution in [0, 0.1) is 5.82 Å². The first-order valence-corrected chi connectivity index (χ1v) is 8.61. The fourth-order valence-electron chi connectivity index (χ4n) is 3.36. The molecule has 0 spiro atoms. The van der Waals surface area contributed by atoms with Crippen LogP contribution >= 0.6 is 0 Å². The molecule has 1 fully saturated rings. The van der Waals surface area contributed by atoms with E-state index in [-0.39, 0.29) is 23.9 Å². The first-order valence-electron chi connectivity index (χ1n) is 8.61. The minimum atomic E-state index is -0.312. The maximum absolute atomic E-state index is 13.3. The number of benzene rings is 1. The van der Waals surface area contributed by atoms with Crippen molar-refractivity contribution in [3.05, 3.63) is 35.1 Å². The smallest absolute Gasteiger partial charge is 0.409 e. The van der Waals surface area contributed by atoms with E-state index in [9.17, 15) is 14.0 Å². The number of carbonyl (C=O) groups is 2. The Morgan fingerprint density at radius 2 is 2.08 bits per heavy atom. The van der Waals surface area contributed by atoms with Crippen LogP contribution in [-0.2, 0) is 11.3 Å². The second-order valence-corrected chi connectivity index (χ2v) is 6.42. The van der Waals surface area contributed by atoms with Gasteiger partial charge in [0.05, 0.1) is 6.61 Å². The zero-order chi connectivity index (χ0) is 17.1. The Bertz CT molecular complexity index is 627. The van der Waals surface area contributed by atoms with Crippen molar-refractivity contribution in [1.82, 2.24) is 9.80 Å². The molecule has 0 aliphatic carbocycles. The average molecular weight is 334 g/mol. The molecule has 2 heterocycles. The van der Waals surface area contributed by atoms with Crippen LogP contribution in [0.25, 0.3) is 0 Å². The van der Waals surface area contributed by atoms with Gasteiger partial charge in [0.1, 0.15) is 5.82 Å². The summed E-state index contributed by atoms with van der Waals surface area (Å²) >= 11 is 0. The number of amides is 2. The van der Waals surface area contributed by atoms with E-state index >= 15 is 0 Å². The zero-order valence-electron chi connectivity index (χ0n) is 14.0. The molecular weight excluding hydrogens is 311 g/mol. The quantitative estimate of drug-likeness (QED) is 0.795. The number of hydrogen-bond donors (Lipinski definition) is 0. The van der Waals surface area contributed by atoms with Gasteiger partial charge in [-0.3, -0.25) is 4.79 Å². The highest BCUT2D eigenvalue weighted by Crippen LogP contribution is 2.29. The molecule has 0 bridgehead atoms. The molecule has 24 heavy (non-hydrogen) atoms. The molecule has 0 unspecified atom stereocenters. The number of halogens is 1. The van der Waals surface area contributed by atoms with Crippen molar-refractivity contribution in [3.63, 3.8) is 0 Å². The van der Waals surface area contributed by atoms with E-state index in [1.165, 1.54) is 12.1 Å². The van der Waals surface area contributed by atoms with Gasteiger partial charge >= 0.3 is 6.09 Å². The topological polar surface area (TPSA) is 49.9 Å². The fourth-order valence-corrected chi connectivity index (χ4v) is 3.36. The fraction of sp³-hybridized carbons (Fsp3) is 0.556. The molecule has 1 saturated heterocycles. The van der Waals surface area contributed by atoms with Crippen molar-refractivity contribution in [1.29, 1.82) is 0 Å². The number of hydrogen-bond acceptors (Lipinski definition) is 3. The molecule has 2 aliphatic heterocycles. The highest BCUT2D eigenvalue weighted by Gasteiger charge is 2.35. The minimum Gasteiger partial charge on any atom is -0.449 e. The molecule has 2 aliphatic rings. The summed E-state index contributed by atoms with van der Waals surface area (Å²) in [6, 6.07) is 4.42. The normalized spacial score (nSPS) is 18.0.